The lowest BCUT2D eigenvalue weighted by Crippen LogP contribution is -2.19. The van der Waals surface area contributed by atoms with E-state index >= 15 is 0 Å². The lowest BCUT2D eigenvalue weighted by molar-refractivity contribution is -0.117. The third kappa shape index (κ3) is 36.5. The molecule has 0 saturated heterocycles. The number of Topliss-reactive ketones (excluding diaryl/α,β-unsaturated/α-hetero) is 2. The van der Waals surface area contributed by atoms with Crippen LogP contribution in [0.15, 0.2) is 24.3 Å². The van der Waals surface area contributed by atoms with Crippen molar-refractivity contribution in [3.8, 4) is 0 Å². The first-order valence-electron chi connectivity index (χ1n) is 20.7. The van der Waals surface area contributed by atoms with Gasteiger partial charge in [-0.25, -0.2) is 16.8 Å². The number of allylic oxidation sites excluding steroid dienone is 4. The van der Waals surface area contributed by atoms with Crippen molar-refractivity contribution in [1.82, 2.24) is 0 Å². The molecule has 0 aromatic carbocycles. The molecule has 6 nitrogen and oxygen atoms in total. The second kappa shape index (κ2) is 33.5. The summed E-state index contributed by atoms with van der Waals surface area (Å²) in [5.41, 5.74) is 0. The third-order valence-electron chi connectivity index (χ3n) is 9.25. The maximum absolute atomic E-state index is 11.7. The fraction of sp³-hybridized carbons (Fsp3) is 0.857. The van der Waals surface area contributed by atoms with E-state index in [2.05, 4.69) is 38.2 Å². The molecule has 8 heteroatoms. The zero-order chi connectivity index (χ0) is 37.2. The molecule has 0 amide bonds. The highest BCUT2D eigenvalue weighted by Gasteiger charge is 2.36. The Bertz CT molecular complexity index is 1090. The lowest BCUT2D eigenvalue weighted by atomic mass is 10.1. The summed E-state index contributed by atoms with van der Waals surface area (Å²) >= 11 is 0. The summed E-state index contributed by atoms with van der Waals surface area (Å²) in [6.07, 6.45) is 44.7. The van der Waals surface area contributed by atoms with Gasteiger partial charge in [0.25, 0.3) is 0 Å². The van der Waals surface area contributed by atoms with Gasteiger partial charge in [0.2, 0.25) is 0 Å². The maximum atomic E-state index is 11.7. The van der Waals surface area contributed by atoms with Crippen LogP contribution in [-0.2, 0) is 29.3 Å². The highest BCUT2D eigenvalue weighted by Crippen LogP contribution is 2.29. The standard InChI is InChI=1S/C22H40O3S.C20H38O3S/c1-2-3-4-5-6-7-8-9-10-11-12-13-14-15-16-17-21(23)20-26(24,25)22-18-19-22;1-3-4-5-6-7-8-9-10-11-12-13-14-15-16-17-18-20(21)19-24(2,22)23/h9-10,22H,2-8,11-20H2,1H3;10-11H,3-9,12-19H2,1-2H3/b10-9-;11-10-. The van der Waals surface area contributed by atoms with Crippen LogP contribution in [-0.4, -0.2) is 51.4 Å². The van der Waals surface area contributed by atoms with Gasteiger partial charge in [0.15, 0.2) is 19.7 Å². The van der Waals surface area contributed by atoms with Gasteiger partial charge in [-0.15, -0.1) is 0 Å². The van der Waals surface area contributed by atoms with E-state index in [0.29, 0.717) is 12.8 Å². The van der Waals surface area contributed by atoms with E-state index in [1.54, 1.807) is 0 Å². The number of hydrogen-bond donors (Lipinski definition) is 0. The molecule has 0 N–H and O–H groups in total. The topological polar surface area (TPSA) is 102 Å². The van der Waals surface area contributed by atoms with Crippen molar-refractivity contribution in [1.29, 1.82) is 0 Å². The fourth-order valence-corrected chi connectivity index (χ4v) is 8.40. The number of unbranched alkanes of at least 4 members (excludes halogenated alkanes) is 22. The van der Waals surface area contributed by atoms with Crippen molar-refractivity contribution in [2.45, 2.75) is 212 Å². The molecule has 0 spiro atoms. The predicted octanol–water partition coefficient (Wildman–Crippen LogP) is 11.8. The second-order valence-electron chi connectivity index (χ2n) is 14.8. The highest BCUT2D eigenvalue weighted by molar-refractivity contribution is 7.93. The molecule has 1 aliphatic carbocycles. The van der Waals surface area contributed by atoms with Gasteiger partial charge in [-0.3, -0.25) is 9.59 Å². The molecule has 0 unspecified atom stereocenters. The molecule has 50 heavy (non-hydrogen) atoms. The Balaban J connectivity index is 0.000000964. The van der Waals surface area contributed by atoms with Gasteiger partial charge >= 0.3 is 0 Å². The molecular weight excluding hydrogens is 665 g/mol. The van der Waals surface area contributed by atoms with Crippen LogP contribution in [0.2, 0.25) is 0 Å². The zero-order valence-corrected chi connectivity index (χ0v) is 34.4. The molecule has 0 aromatic rings. The van der Waals surface area contributed by atoms with Crippen LogP contribution in [0, 0.1) is 0 Å². The highest BCUT2D eigenvalue weighted by atomic mass is 32.2. The van der Waals surface area contributed by atoms with E-state index in [0.717, 1.165) is 70.5 Å². The zero-order valence-electron chi connectivity index (χ0n) is 32.8. The number of hydrogen-bond acceptors (Lipinski definition) is 6. The number of carbonyl (C=O) groups is 2. The van der Waals surface area contributed by atoms with Crippen molar-refractivity contribution in [3.05, 3.63) is 24.3 Å². The molecule has 0 atom stereocenters. The molecule has 1 rings (SSSR count). The summed E-state index contributed by atoms with van der Waals surface area (Å²) < 4.78 is 45.4. The van der Waals surface area contributed by atoms with Gasteiger partial charge in [0.1, 0.15) is 23.1 Å². The summed E-state index contributed by atoms with van der Waals surface area (Å²) in [5, 5.41) is -0.208. The summed E-state index contributed by atoms with van der Waals surface area (Å²) in [7, 11) is -6.27. The molecule has 0 radical (unpaired) electrons. The monoisotopic (exact) mass is 743 g/mol. The summed E-state index contributed by atoms with van der Waals surface area (Å²) in [4.78, 5) is 23.1. The summed E-state index contributed by atoms with van der Waals surface area (Å²) in [6, 6.07) is 0. The van der Waals surface area contributed by atoms with Gasteiger partial charge in [-0.2, -0.15) is 0 Å². The molecular formula is C42H78O6S2. The number of sulfone groups is 2. The Morgan fingerprint density at radius 1 is 0.460 bits per heavy atom. The van der Waals surface area contributed by atoms with Gasteiger partial charge < -0.3 is 0 Å². The van der Waals surface area contributed by atoms with Gasteiger partial charge in [0, 0.05) is 19.1 Å². The molecule has 0 bridgehead atoms. The fourth-order valence-electron chi connectivity index (χ4n) is 5.99. The van der Waals surface area contributed by atoms with Crippen LogP contribution >= 0.6 is 0 Å². The van der Waals surface area contributed by atoms with E-state index in [-0.39, 0.29) is 28.3 Å². The number of rotatable bonds is 35. The quantitative estimate of drug-likeness (QED) is 0.0473. The van der Waals surface area contributed by atoms with E-state index in [4.69, 9.17) is 0 Å². The minimum absolute atomic E-state index is 0.0884. The molecule has 294 valence electrons. The first kappa shape index (κ1) is 48.7. The minimum atomic E-state index is -3.15. The Labute approximate surface area is 310 Å². The first-order chi connectivity index (χ1) is 24.0. The number of carbonyl (C=O) groups excluding carboxylic acids is 2. The van der Waals surface area contributed by atoms with E-state index in [1.165, 1.54) is 116 Å². The van der Waals surface area contributed by atoms with Crippen molar-refractivity contribution < 1.29 is 26.4 Å². The third-order valence-corrected chi connectivity index (χ3v) is 12.3. The van der Waals surface area contributed by atoms with Crippen molar-refractivity contribution in [2.24, 2.45) is 0 Å². The number of ketones is 2. The average molecular weight is 743 g/mol. The normalized spacial score (nSPS) is 13.6. The van der Waals surface area contributed by atoms with Crippen LogP contribution in [0.25, 0.3) is 0 Å². The van der Waals surface area contributed by atoms with Crippen LogP contribution in [0.3, 0.4) is 0 Å². The Morgan fingerprint density at radius 2 is 0.760 bits per heavy atom. The minimum Gasteiger partial charge on any atom is -0.299 e. The van der Waals surface area contributed by atoms with Crippen molar-refractivity contribution in [3.63, 3.8) is 0 Å². The van der Waals surface area contributed by atoms with E-state index in [9.17, 15) is 26.4 Å². The molecule has 1 aliphatic rings. The maximum Gasteiger partial charge on any atom is 0.160 e. The summed E-state index contributed by atoms with van der Waals surface area (Å²) in [6.45, 7) is 4.51. The van der Waals surface area contributed by atoms with Crippen LogP contribution in [0.5, 0.6) is 0 Å². The Kier molecular flexibility index (Phi) is 32.7. The largest absolute Gasteiger partial charge is 0.299 e. The smallest absolute Gasteiger partial charge is 0.160 e. The van der Waals surface area contributed by atoms with Crippen molar-refractivity contribution in [2.75, 3.05) is 17.8 Å². The van der Waals surface area contributed by atoms with E-state index in [1.807, 2.05) is 0 Å². The van der Waals surface area contributed by atoms with Gasteiger partial charge in [-0.05, 0) is 77.0 Å². The Hall–Kier alpha value is -1.28. The lowest BCUT2D eigenvalue weighted by Gasteiger charge is -2.02. The molecule has 0 aliphatic heterocycles. The SMILES string of the molecule is CCCCCCCC/C=C\CCCCCCCC(=O)CS(=O)(=O)C1CC1.CCCCCCCC/C=C\CCCCCCCC(=O)CS(C)(=O)=O. The molecule has 0 heterocycles. The first-order valence-corrected chi connectivity index (χ1v) is 24.5. The summed E-state index contributed by atoms with van der Waals surface area (Å²) in [5.74, 6) is -0.748. The van der Waals surface area contributed by atoms with Crippen LogP contribution in [0.1, 0.15) is 206 Å². The molecule has 1 saturated carbocycles. The second-order valence-corrected chi connectivity index (χ2v) is 19.2. The van der Waals surface area contributed by atoms with Crippen LogP contribution in [0.4, 0.5) is 0 Å². The van der Waals surface area contributed by atoms with Gasteiger partial charge in [0.05, 0.1) is 5.25 Å². The predicted molar refractivity (Wildman–Crippen MR) is 215 cm³/mol. The van der Waals surface area contributed by atoms with Crippen LogP contribution < -0.4 is 0 Å². The Morgan fingerprint density at radius 3 is 1.08 bits per heavy atom. The average Bonchev–Trinajstić information content (AvgIpc) is 3.91. The molecule has 1 fully saturated rings. The van der Waals surface area contributed by atoms with E-state index < -0.39 is 19.7 Å². The molecule has 0 aromatic heterocycles. The van der Waals surface area contributed by atoms with Crippen molar-refractivity contribution >= 4 is 31.2 Å². The van der Waals surface area contributed by atoms with Gasteiger partial charge in [-0.1, -0.05) is 141 Å².